The van der Waals surface area contributed by atoms with E-state index in [1.165, 1.54) is 11.3 Å². The van der Waals surface area contributed by atoms with E-state index in [4.69, 9.17) is 0 Å². The number of aromatic nitrogens is 3. The van der Waals surface area contributed by atoms with Crippen molar-refractivity contribution in [3.63, 3.8) is 0 Å². The Labute approximate surface area is 103 Å². The second-order valence-electron chi connectivity index (χ2n) is 3.78. The fourth-order valence-electron chi connectivity index (χ4n) is 1.67. The van der Waals surface area contributed by atoms with E-state index in [1.54, 1.807) is 0 Å². The van der Waals surface area contributed by atoms with Gasteiger partial charge < -0.3 is 10.3 Å². The summed E-state index contributed by atoms with van der Waals surface area (Å²) in [5, 5.41) is 12.5. The van der Waals surface area contributed by atoms with Crippen molar-refractivity contribution in [2.75, 3.05) is 11.9 Å². The minimum Gasteiger partial charge on any atom is -0.360 e. The molecule has 6 heteroatoms. The molecule has 90 valence electrons. The van der Waals surface area contributed by atoms with Crippen LogP contribution in [0.2, 0.25) is 0 Å². The van der Waals surface area contributed by atoms with Gasteiger partial charge in [0.1, 0.15) is 0 Å². The first kappa shape index (κ1) is 11.8. The largest absolute Gasteiger partial charge is 0.360 e. The van der Waals surface area contributed by atoms with Crippen molar-refractivity contribution in [3.8, 4) is 10.6 Å². The summed E-state index contributed by atoms with van der Waals surface area (Å²) in [6.45, 7) is 6.55. The number of nitrogens with one attached hydrogen (secondary N) is 2. The maximum absolute atomic E-state index is 11.9. The van der Waals surface area contributed by atoms with Crippen LogP contribution in [0.1, 0.15) is 18.2 Å². The lowest BCUT2D eigenvalue weighted by Gasteiger charge is -2.01. The van der Waals surface area contributed by atoms with Gasteiger partial charge in [-0.15, -0.1) is 10.2 Å². The van der Waals surface area contributed by atoms with E-state index < -0.39 is 0 Å². The van der Waals surface area contributed by atoms with Gasteiger partial charge in [0.2, 0.25) is 5.13 Å². The molecule has 0 amide bonds. The molecule has 2 heterocycles. The van der Waals surface area contributed by atoms with Crippen LogP contribution in [0, 0.1) is 13.8 Å². The molecule has 2 N–H and O–H groups in total. The van der Waals surface area contributed by atoms with E-state index in [2.05, 4.69) is 20.5 Å². The molecule has 0 aliphatic heterocycles. The number of hydrogen-bond donors (Lipinski definition) is 2. The molecule has 5 nitrogen and oxygen atoms in total. The minimum absolute atomic E-state index is 0.110. The third-order valence-electron chi connectivity index (χ3n) is 2.33. The molecule has 0 aromatic carbocycles. The number of anilines is 1. The SMILES string of the molecule is CCNc1nnc(-c2c(C)cc(C)[nH]c2=O)s1. The van der Waals surface area contributed by atoms with Crippen molar-refractivity contribution in [3.05, 3.63) is 27.7 Å². The van der Waals surface area contributed by atoms with Gasteiger partial charge in [0.05, 0.1) is 5.56 Å². The van der Waals surface area contributed by atoms with Crippen LogP contribution >= 0.6 is 11.3 Å². The number of H-pyrrole nitrogens is 1. The Hall–Kier alpha value is -1.69. The molecule has 2 rings (SSSR count). The van der Waals surface area contributed by atoms with E-state index in [0.717, 1.165) is 22.9 Å². The zero-order valence-corrected chi connectivity index (χ0v) is 10.8. The molecule has 2 aromatic heterocycles. The number of pyridine rings is 1. The van der Waals surface area contributed by atoms with Gasteiger partial charge in [-0.1, -0.05) is 11.3 Å². The molecule has 0 saturated heterocycles. The molecule has 0 unspecified atom stereocenters. The van der Waals surface area contributed by atoms with Gasteiger partial charge in [-0.3, -0.25) is 4.79 Å². The second-order valence-corrected chi connectivity index (χ2v) is 4.76. The maximum Gasteiger partial charge on any atom is 0.258 e. The molecule has 0 radical (unpaired) electrons. The Morgan fingerprint density at radius 3 is 2.82 bits per heavy atom. The lowest BCUT2D eigenvalue weighted by atomic mass is 10.1. The average molecular weight is 250 g/mol. The van der Waals surface area contributed by atoms with Gasteiger partial charge in [0.25, 0.3) is 5.56 Å². The van der Waals surface area contributed by atoms with Crippen LogP contribution in [0.4, 0.5) is 5.13 Å². The van der Waals surface area contributed by atoms with E-state index >= 15 is 0 Å². The van der Waals surface area contributed by atoms with Crippen LogP contribution in [0.25, 0.3) is 10.6 Å². The first-order valence-electron chi connectivity index (χ1n) is 5.40. The topological polar surface area (TPSA) is 70.7 Å². The normalized spacial score (nSPS) is 10.5. The summed E-state index contributed by atoms with van der Waals surface area (Å²) in [6.07, 6.45) is 0. The van der Waals surface area contributed by atoms with Gasteiger partial charge in [-0.2, -0.15) is 0 Å². The van der Waals surface area contributed by atoms with Crippen LogP contribution in [0.3, 0.4) is 0 Å². The predicted octanol–water partition coefficient (Wildman–Crippen LogP) is 1.94. The molecular weight excluding hydrogens is 236 g/mol. The fraction of sp³-hybridized carbons (Fsp3) is 0.364. The zero-order valence-electron chi connectivity index (χ0n) is 10.00. The van der Waals surface area contributed by atoms with Gasteiger partial charge in [-0.25, -0.2) is 0 Å². The highest BCUT2D eigenvalue weighted by molar-refractivity contribution is 7.18. The Bertz CT molecular complexity index is 587. The zero-order chi connectivity index (χ0) is 12.4. The van der Waals surface area contributed by atoms with Crippen molar-refractivity contribution < 1.29 is 0 Å². The van der Waals surface area contributed by atoms with Crippen LogP contribution in [0.5, 0.6) is 0 Å². The summed E-state index contributed by atoms with van der Waals surface area (Å²) in [7, 11) is 0. The minimum atomic E-state index is -0.110. The van der Waals surface area contributed by atoms with Crippen LogP contribution in [0.15, 0.2) is 10.9 Å². The highest BCUT2D eigenvalue weighted by Crippen LogP contribution is 2.25. The third kappa shape index (κ3) is 2.36. The van der Waals surface area contributed by atoms with Crippen LogP contribution < -0.4 is 10.9 Å². The summed E-state index contributed by atoms with van der Waals surface area (Å²) >= 11 is 1.39. The number of hydrogen-bond acceptors (Lipinski definition) is 5. The molecule has 0 fully saturated rings. The fourth-order valence-corrected chi connectivity index (χ4v) is 2.59. The molecule has 0 bridgehead atoms. The average Bonchev–Trinajstić information content (AvgIpc) is 2.65. The highest BCUT2D eigenvalue weighted by Gasteiger charge is 2.13. The summed E-state index contributed by atoms with van der Waals surface area (Å²) in [6, 6.07) is 1.94. The van der Waals surface area contributed by atoms with E-state index in [9.17, 15) is 4.79 Å². The monoisotopic (exact) mass is 250 g/mol. The quantitative estimate of drug-likeness (QED) is 0.873. The highest BCUT2D eigenvalue weighted by atomic mass is 32.1. The Morgan fingerprint density at radius 1 is 1.41 bits per heavy atom. The summed E-state index contributed by atoms with van der Waals surface area (Å²) in [4.78, 5) is 14.7. The standard InChI is InChI=1S/C11H14N4OS/c1-4-12-11-15-14-10(17-11)8-6(2)5-7(3)13-9(8)16/h5H,4H2,1-3H3,(H,12,15)(H,13,16). The molecule has 0 aliphatic rings. The van der Waals surface area contributed by atoms with Crippen LogP contribution in [-0.2, 0) is 0 Å². The Kier molecular flexibility index (Phi) is 3.23. The number of aryl methyl sites for hydroxylation is 2. The lowest BCUT2D eigenvalue weighted by molar-refractivity contribution is 1.06. The van der Waals surface area contributed by atoms with E-state index in [0.29, 0.717) is 10.6 Å². The molecule has 0 spiro atoms. The third-order valence-corrected chi connectivity index (χ3v) is 3.23. The van der Waals surface area contributed by atoms with E-state index in [1.807, 2.05) is 26.8 Å². The summed E-state index contributed by atoms with van der Waals surface area (Å²) < 4.78 is 0. The van der Waals surface area contributed by atoms with Crippen molar-refractivity contribution in [2.45, 2.75) is 20.8 Å². The first-order chi connectivity index (χ1) is 8.11. The van der Waals surface area contributed by atoms with Crippen molar-refractivity contribution in [1.29, 1.82) is 0 Å². The molecule has 17 heavy (non-hydrogen) atoms. The second kappa shape index (κ2) is 4.67. The van der Waals surface area contributed by atoms with Gasteiger partial charge in [-0.05, 0) is 32.4 Å². The molecule has 2 aromatic rings. The predicted molar refractivity (Wildman–Crippen MR) is 69.6 cm³/mol. The lowest BCUT2D eigenvalue weighted by Crippen LogP contribution is -2.11. The van der Waals surface area contributed by atoms with Crippen LogP contribution in [-0.4, -0.2) is 21.7 Å². The van der Waals surface area contributed by atoms with Gasteiger partial charge in [0.15, 0.2) is 5.01 Å². The van der Waals surface area contributed by atoms with Gasteiger partial charge >= 0.3 is 0 Å². The van der Waals surface area contributed by atoms with Crippen molar-refractivity contribution in [2.24, 2.45) is 0 Å². The Balaban J connectivity index is 2.49. The number of nitrogens with zero attached hydrogens (tertiary/aromatic N) is 2. The van der Waals surface area contributed by atoms with Crippen molar-refractivity contribution >= 4 is 16.5 Å². The number of rotatable bonds is 3. The van der Waals surface area contributed by atoms with Gasteiger partial charge in [0, 0.05) is 12.2 Å². The Morgan fingerprint density at radius 2 is 2.18 bits per heavy atom. The summed E-state index contributed by atoms with van der Waals surface area (Å²) in [5.74, 6) is 0. The molecular formula is C11H14N4OS. The summed E-state index contributed by atoms with van der Waals surface area (Å²) in [5.41, 5.74) is 2.28. The van der Waals surface area contributed by atoms with E-state index in [-0.39, 0.29) is 5.56 Å². The smallest absolute Gasteiger partial charge is 0.258 e. The first-order valence-corrected chi connectivity index (χ1v) is 6.21. The maximum atomic E-state index is 11.9. The molecule has 0 aliphatic carbocycles. The molecule has 0 saturated carbocycles. The number of aromatic amines is 1. The molecule has 0 atom stereocenters. The van der Waals surface area contributed by atoms with Crippen molar-refractivity contribution in [1.82, 2.24) is 15.2 Å².